The molecule has 0 bridgehead atoms. The second kappa shape index (κ2) is 6.49. The van der Waals surface area contributed by atoms with Gasteiger partial charge in [0, 0.05) is 10.9 Å². The number of aliphatic hydroxyl groups excluding tert-OH is 1. The molecule has 2 unspecified atom stereocenters. The van der Waals surface area contributed by atoms with Crippen molar-refractivity contribution in [2.24, 2.45) is 0 Å². The van der Waals surface area contributed by atoms with Crippen LogP contribution in [0.15, 0.2) is 46.9 Å². The van der Waals surface area contributed by atoms with Gasteiger partial charge in [-0.1, -0.05) is 41.9 Å². The summed E-state index contributed by atoms with van der Waals surface area (Å²) in [6.07, 6.45) is 0.820. The predicted octanol–water partition coefficient (Wildman–Crippen LogP) is 4.84. The van der Waals surface area contributed by atoms with Crippen LogP contribution in [0.3, 0.4) is 0 Å². The zero-order valence-corrected chi connectivity index (χ0v) is 13.8. The van der Waals surface area contributed by atoms with Gasteiger partial charge in [0.05, 0.1) is 23.8 Å². The molecule has 0 saturated carbocycles. The van der Waals surface area contributed by atoms with Crippen molar-refractivity contribution in [1.82, 2.24) is 0 Å². The van der Waals surface area contributed by atoms with E-state index >= 15 is 0 Å². The molecule has 1 N–H and O–H groups in total. The lowest BCUT2D eigenvalue weighted by atomic mass is 9.92. The Morgan fingerprint density at radius 3 is 2.90 bits per heavy atom. The molecule has 2 aromatic carbocycles. The summed E-state index contributed by atoms with van der Waals surface area (Å²) in [7, 11) is 0. The van der Waals surface area contributed by atoms with Gasteiger partial charge in [0.15, 0.2) is 0 Å². The summed E-state index contributed by atoms with van der Waals surface area (Å²) in [5.41, 5.74) is 3.32. The van der Waals surface area contributed by atoms with Crippen LogP contribution in [-0.4, -0.2) is 11.7 Å². The van der Waals surface area contributed by atoms with E-state index in [4.69, 9.17) is 16.3 Å². The highest BCUT2D eigenvalue weighted by atomic mass is 79.9. The van der Waals surface area contributed by atoms with Crippen molar-refractivity contribution in [2.75, 3.05) is 6.61 Å². The van der Waals surface area contributed by atoms with E-state index in [9.17, 15) is 5.11 Å². The molecule has 0 radical (unpaired) electrons. The van der Waals surface area contributed by atoms with Gasteiger partial charge in [-0.25, -0.2) is 0 Å². The van der Waals surface area contributed by atoms with Gasteiger partial charge >= 0.3 is 0 Å². The lowest BCUT2D eigenvalue weighted by Gasteiger charge is -2.28. The molecule has 0 fully saturated rings. The first-order chi connectivity index (χ1) is 10.1. The summed E-state index contributed by atoms with van der Waals surface area (Å²) < 4.78 is 6.68. The number of aliphatic hydroxyl groups is 1. The molecular weight excluding hydrogens is 352 g/mol. The van der Waals surface area contributed by atoms with Gasteiger partial charge in [0.1, 0.15) is 0 Å². The lowest BCUT2D eigenvalue weighted by molar-refractivity contribution is 0.00377. The molecule has 0 spiro atoms. The fourth-order valence-corrected chi connectivity index (χ4v) is 3.17. The Kier molecular flexibility index (Phi) is 4.65. The summed E-state index contributed by atoms with van der Waals surface area (Å²) in [5.74, 6) is 0. The second-order valence-corrected chi connectivity index (χ2v) is 6.49. The Bertz CT molecular complexity index is 644. The maximum absolute atomic E-state index is 10.5. The largest absolute Gasteiger partial charge is 0.388 e. The number of hydrogen-bond acceptors (Lipinski definition) is 2. The first-order valence-corrected chi connectivity index (χ1v) is 8.14. The van der Waals surface area contributed by atoms with Crippen molar-refractivity contribution in [3.63, 3.8) is 0 Å². The van der Waals surface area contributed by atoms with Gasteiger partial charge in [-0.3, -0.25) is 0 Å². The van der Waals surface area contributed by atoms with Crippen molar-refractivity contribution in [3.8, 4) is 0 Å². The van der Waals surface area contributed by atoms with E-state index in [1.54, 1.807) is 6.07 Å². The minimum atomic E-state index is -0.591. The highest BCUT2D eigenvalue weighted by Gasteiger charge is 2.24. The summed E-state index contributed by atoms with van der Waals surface area (Å²) in [5, 5.41) is 11.1. The normalized spacial score (nSPS) is 19.1. The maximum Gasteiger partial charge on any atom is 0.0855 e. The smallest absolute Gasteiger partial charge is 0.0855 e. The molecule has 2 aromatic rings. The molecule has 4 heteroatoms. The zero-order chi connectivity index (χ0) is 14.8. The first kappa shape index (κ1) is 15.0. The molecule has 21 heavy (non-hydrogen) atoms. The quantitative estimate of drug-likeness (QED) is 0.841. The van der Waals surface area contributed by atoms with Crippen molar-refractivity contribution >= 4 is 27.5 Å². The molecule has 3 rings (SSSR count). The minimum Gasteiger partial charge on any atom is -0.388 e. The molecule has 0 saturated heterocycles. The zero-order valence-electron chi connectivity index (χ0n) is 11.4. The number of ether oxygens (including phenoxy) is 1. The van der Waals surface area contributed by atoms with Gasteiger partial charge in [0.2, 0.25) is 0 Å². The Labute approximate surface area is 137 Å². The molecule has 1 aliphatic heterocycles. The van der Waals surface area contributed by atoms with E-state index in [1.165, 1.54) is 11.1 Å². The van der Waals surface area contributed by atoms with Crippen LogP contribution in [0, 0.1) is 0 Å². The van der Waals surface area contributed by atoms with E-state index in [1.807, 2.05) is 24.3 Å². The van der Waals surface area contributed by atoms with Gasteiger partial charge in [-0.05, 0) is 51.2 Å². The average molecular weight is 368 g/mol. The Hall–Kier alpha value is -0.870. The maximum atomic E-state index is 10.5. The Balaban J connectivity index is 1.79. The summed E-state index contributed by atoms with van der Waals surface area (Å²) in [6, 6.07) is 13.8. The standard InChI is InChI=1S/C17H16BrClO2/c18-14-6-5-12(9-15(14)19)16(20)10-17-13-4-2-1-3-11(13)7-8-21-17/h1-6,9,16-17,20H,7-8,10H2. The highest BCUT2D eigenvalue weighted by molar-refractivity contribution is 9.10. The average Bonchev–Trinajstić information content (AvgIpc) is 2.50. The van der Waals surface area contributed by atoms with Crippen LogP contribution in [0.1, 0.15) is 35.3 Å². The van der Waals surface area contributed by atoms with Crippen LogP contribution in [0.5, 0.6) is 0 Å². The van der Waals surface area contributed by atoms with E-state index in [0.29, 0.717) is 18.1 Å². The number of benzene rings is 2. The van der Waals surface area contributed by atoms with Crippen molar-refractivity contribution in [1.29, 1.82) is 0 Å². The molecule has 2 nitrogen and oxygen atoms in total. The number of hydrogen-bond donors (Lipinski definition) is 1. The topological polar surface area (TPSA) is 29.5 Å². The van der Waals surface area contributed by atoms with Gasteiger partial charge < -0.3 is 9.84 Å². The summed E-state index contributed by atoms with van der Waals surface area (Å²) in [6.45, 7) is 0.704. The van der Waals surface area contributed by atoms with Crippen LogP contribution in [-0.2, 0) is 11.2 Å². The van der Waals surface area contributed by atoms with E-state index in [0.717, 1.165) is 16.5 Å². The SMILES string of the molecule is OC(CC1OCCc2ccccc21)c1ccc(Br)c(Cl)c1. The third-order valence-corrected chi connectivity index (χ3v) is 5.09. The Morgan fingerprint density at radius 1 is 1.29 bits per heavy atom. The number of halogens is 2. The first-order valence-electron chi connectivity index (χ1n) is 6.97. The van der Waals surface area contributed by atoms with Crippen LogP contribution >= 0.6 is 27.5 Å². The van der Waals surface area contributed by atoms with Crippen molar-refractivity contribution < 1.29 is 9.84 Å². The molecule has 110 valence electrons. The monoisotopic (exact) mass is 366 g/mol. The molecule has 2 atom stereocenters. The Morgan fingerprint density at radius 2 is 2.10 bits per heavy atom. The predicted molar refractivity (Wildman–Crippen MR) is 87.6 cm³/mol. The molecule has 0 aromatic heterocycles. The third-order valence-electron chi connectivity index (χ3n) is 3.86. The van der Waals surface area contributed by atoms with E-state index in [-0.39, 0.29) is 6.10 Å². The fraction of sp³-hybridized carbons (Fsp3) is 0.294. The molecule has 0 amide bonds. The van der Waals surface area contributed by atoms with Crippen LogP contribution in [0.2, 0.25) is 5.02 Å². The van der Waals surface area contributed by atoms with Gasteiger partial charge in [0.25, 0.3) is 0 Å². The van der Waals surface area contributed by atoms with Gasteiger partial charge in [-0.15, -0.1) is 0 Å². The van der Waals surface area contributed by atoms with Gasteiger partial charge in [-0.2, -0.15) is 0 Å². The number of fused-ring (bicyclic) bond motifs is 1. The molecule has 0 aliphatic carbocycles. The van der Waals surface area contributed by atoms with Crippen molar-refractivity contribution in [2.45, 2.75) is 25.0 Å². The van der Waals surface area contributed by atoms with Crippen LogP contribution < -0.4 is 0 Å². The third kappa shape index (κ3) is 3.32. The van der Waals surface area contributed by atoms with Crippen molar-refractivity contribution in [3.05, 3.63) is 68.7 Å². The molecule has 1 aliphatic rings. The van der Waals surface area contributed by atoms with Crippen LogP contribution in [0.25, 0.3) is 0 Å². The van der Waals surface area contributed by atoms with Crippen LogP contribution in [0.4, 0.5) is 0 Å². The summed E-state index contributed by atoms with van der Waals surface area (Å²) in [4.78, 5) is 0. The number of rotatable bonds is 3. The molecular formula is C17H16BrClO2. The lowest BCUT2D eigenvalue weighted by Crippen LogP contribution is -2.18. The summed E-state index contributed by atoms with van der Waals surface area (Å²) >= 11 is 9.45. The van der Waals surface area contributed by atoms with E-state index in [2.05, 4.69) is 28.1 Å². The highest BCUT2D eigenvalue weighted by Crippen LogP contribution is 2.35. The minimum absolute atomic E-state index is 0.0626. The van der Waals surface area contributed by atoms with E-state index < -0.39 is 6.10 Å². The molecule has 1 heterocycles. The second-order valence-electron chi connectivity index (χ2n) is 5.23. The fourth-order valence-electron chi connectivity index (χ4n) is 2.73.